The number of rotatable bonds is 5. The molecule has 3 aromatic heterocycles. The number of aromatic nitrogens is 4. The number of nitriles is 1. The van der Waals surface area contributed by atoms with E-state index >= 15 is 0 Å². The van der Waals surface area contributed by atoms with Gasteiger partial charge in [0.05, 0.1) is 23.2 Å². The molecule has 0 radical (unpaired) electrons. The van der Waals surface area contributed by atoms with Crippen LogP contribution in [0.15, 0.2) is 84.0 Å². The first kappa shape index (κ1) is 25.4. The van der Waals surface area contributed by atoms with Gasteiger partial charge in [-0.05, 0) is 42.1 Å². The van der Waals surface area contributed by atoms with Gasteiger partial charge in [-0.1, -0.05) is 36.4 Å². The third kappa shape index (κ3) is 4.87. The minimum Gasteiger partial charge on any atom is -0.368 e. The fourth-order valence-corrected chi connectivity index (χ4v) is 4.39. The van der Waals surface area contributed by atoms with Gasteiger partial charge in [-0.3, -0.25) is 14.3 Å². The summed E-state index contributed by atoms with van der Waals surface area (Å²) in [7, 11) is 0. The van der Waals surface area contributed by atoms with E-state index in [1.807, 2.05) is 6.07 Å². The lowest BCUT2D eigenvalue weighted by molar-refractivity contribution is -0.137. The van der Waals surface area contributed by atoms with E-state index in [0.29, 0.717) is 22.3 Å². The van der Waals surface area contributed by atoms with Crippen LogP contribution in [0.1, 0.15) is 29.8 Å². The first-order chi connectivity index (χ1) is 18.7. The van der Waals surface area contributed by atoms with Gasteiger partial charge in [0.15, 0.2) is 0 Å². The summed E-state index contributed by atoms with van der Waals surface area (Å²) in [4.78, 5) is 25.9. The van der Waals surface area contributed by atoms with Crippen LogP contribution < -0.4 is 16.6 Å². The molecule has 0 saturated carbocycles. The Morgan fingerprint density at radius 1 is 1.05 bits per heavy atom. The van der Waals surface area contributed by atoms with Crippen molar-refractivity contribution >= 4 is 22.5 Å². The molecule has 1 unspecified atom stereocenters. The number of nitrogens with zero attached hydrogens (tertiary/aromatic N) is 5. The predicted molar refractivity (Wildman–Crippen MR) is 141 cm³/mol. The number of pyridine rings is 2. The Labute approximate surface area is 220 Å². The maximum absolute atomic E-state index is 14.2. The summed E-state index contributed by atoms with van der Waals surface area (Å²) in [5.41, 5.74) is 6.12. The summed E-state index contributed by atoms with van der Waals surface area (Å²) in [5.74, 6) is 0.176. The van der Waals surface area contributed by atoms with Gasteiger partial charge in [-0.2, -0.15) is 23.4 Å². The van der Waals surface area contributed by atoms with Crippen LogP contribution in [-0.4, -0.2) is 19.5 Å². The van der Waals surface area contributed by atoms with Crippen molar-refractivity contribution in [3.8, 4) is 22.9 Å². The molecule has 0 aliphatic heterocycles. The highest BCUT2D eigenvalue weighted by atomic mass is 19.4. The van der Waals surface area contributed by atoms with Crippen molar-refractivity contribution in [3.63, 3.8) is 0 Å². The number of hydrogen-bond acceptors (Lipinski definition) is 7. The molecule has 5 rings (SSSR count). The zero-order valence-electron chi connectivity index (χ0n) is 20.4. The largest absolute Gasteiger partial charge is 0.417 e. The number of nitrogens with two attached hydrogens (primary N) is 1. The number of para-hydroxylation sites is 1. The SMILES string of the molecule is CC(Nc1nc(N)ncc1C#N)c1cc2cccc(-c3cncc(C(F)(F)F)c3)c2c(=O)n1-c1ccccc1. The third-order valence-electron chi connectivity index (χ3n) is 6.19. The van der Waals surface area contributed by atoms with Crippen LogP contribution in [0.2, 0.25) is 0 Å². The van der Waals surface area contributed by atoms with Gasteiger partial charge < -0.3 is 11.1 Å². The van der Waals surface area contributed by atoms with Crippen LogP contribution in [0.25, 0.3) is 27.6 Å². The summed E-state index contributed by atoms with van der Waals surface area (Å²) in [6, 6.07) is 18.1. The molecule has 0 fully saturated rings. The number of nitrogen functional groups attached to an aromatic ring is 1. The minimum absolute atomic E-state index is 0.0259. The van der Waals surface area contributed by atoms with E-state index in [-0.39, 0.29) is 28.3 Å². The maximum Gasteiger partial charge on any atom is 0.417 e. The van der Waals surface area contributed by atoms with Crippen molar-refractivity contribution < 1.29 is 13.2 Å². The second-order valence-electron chi connectivity index (χ2n) is 8.74. The molecule has 39 heavy (non-hydrogen) atoms. The molecule has 0 spiro atoms. The molecule has 0 saturated heterocycles. The lowest BCUT2D eigenvalue weighted by Crippen LogP contribution is -2.26. The molecule has 0 amide bonds. The van der Waals surface area contributed by atoms with Crippen LogP contribution in [0, 0.1) is 11.3 Å². The summed E-state index contributed by atoms with van der Waals surface area (Å²) < 4.78 is 41.7. The van der Waals surface area contributed by atoms with Gasteiger partial charge in [0, 0.05) is 29.3 Å². The highest BCUT2D eigenvalue weighted by molar-refractivity contribution is 5.96. The molecule has 194 valence electrons. The van der Waals surface area contributed by atoms with Gasteiger partial charge >= 0.3 is 6.18 Å². The number of halogens is 3. The highest BCUT2D eigenvalue weighted by Gasteiger charge is 2.31. The van der Waals surface area contributed by atoms with Crippen molar-refractivity contribution in [2.75, 3.05) is 11.1 Å². The third-order valence-corrected chi connectivity index (χ3v) is 6.19. The summed E-state index contributed by atoms with van der Waals surface area (Å²) in [6.45, 7) is 1.79. The number of fused-ring (bicyclic) bond motifs is 1. The number of anilines is 2. The van der Waals surface area contributed by atoms with Crippen LogP contribution in [0.4, 0.5) is 24.9 Å². The lowest BCUT2D eigenvalue weighted by atomic mass is 9.98. The number of alkyl halides is 3. The molecule has 5 aromatic rings. The van der Waals surface area contributed by atoms with E-state index in [2.05, 4.69) is 20.3 Å². The normalized spacial score (nSPS) is 12.2. The van der Waals surface area contributed by atoms with Crippen LogP contribution in [0.5, 0.6) is 0 Å². The first-order valence-corrected chi connectivity index (χ1v) is 11.7. The van der Waals surface area contributed by atoms with E-state index < -0.39 is 23.3 Å². The van der Waals surface area contributed by atoms with E-state index in [1.54, 1.807) is 61.5 Å². The molecule has 8 nitrogen and oxygen atoms in total. The Morgan fingerprint density at radius 2 is 1.82 bits per heavy atom. The Bertz CT molecular complexity index is 1790. The van der Waals surface area contributed by atoms with Gasteiger partial charge in [0.25, 0.3) is 5.56 Å². The Hall–Kier alpha value is -5.24. The summed E-state index contributed by atoms with van der Waals surface area (Å²) in [6.07, 6.45) is -1.23. The second-order valence-corrected chi connectivity index (χ2v) is 8.74. The minimum atomic E-state index is -4.58. The molecule has 2 aromatic carbocycles. The van der Waals surface area contributed by atoms with Crippen LogP contribution in [0.3, 0.4) is 0 Å². The monoisotopic (exact) mass is 527 g/mol. The van der Waals surface area contributed by atoms with Crippen molar-refractivity contribution in [2.24, 2.45) is 0 Å². The molecule has 3 heterocycles. The lowest BCUT2D eigenvalue weighted by Gasteiger charge is -2.22. The predicted octanol–water partition coefficient (Wildman–Crippen LogP) is 5.49. The molecular weight excluding hydrogens is 507 g/mol. The highest BCUT2D eigenvalue weighted by Crippen LogP contribution is 2.34. The van der Waals surface area contributed by atoms with Gasteiger partial charge in [0.1, 0.15) is 17.5 Å². The first-order valence-electron chi connectivity index (χ1n) is 11.7. The number of nitrogens with one attached hydrogen (secondary N) is 1. The van der Waals surface area contributed by atoms with Crippen molar-refractivity contribution in [1.82, 2.24) is 19.5 Å². The van der Waals surface area contributed by atoms with Gasteiger partial charge in [-0.25, -0.2) is 4.98 Å². The average Bonchev–Trinajstić information content (AvgIpc) is 2.93. The quantitative estimate of drug-likeness (QED) is 0.310. The van der Waals surface area contributed by atoms with Crippen LogP contribution in [-0.2, 0) is 6.18 Å². The number of benzene rings is 2. The van der Waals surface area contributed by atoms with Crippen molar-refractivity contribution in [1.29, 1.82) is 5.26 Å². The zero-order valence-corrected chi connectivity index (χ0v) is 20.4. The molecule has 0 bridgehead atoms. The van der Waals surface area contributed by atoms with E-state index in [0.717, 1.165) is 12.3 Å². The van der Waals surface area contributed by atoms with Gasteiger partial charge in [-0.15, -0.1) is 0 Å². The Morgan fingerprint density at radius 3 is 2.54 bits per heavy atom. The second kappa shape index (κ2) is 9.90. The van der Waals surface area contributed by atoms with E-state index in [1.165, 1.54) is 17.0 Å². The fraction of sp³-hybridized carbons (Fsp3) is 0.107. The molecular formula is C28H20F3N7O. The summed E-state index contributed by atoms with van der Waals surface area (Å²) >= 11 is 0. The molecule has 3 N–H and O–H groups in total. The molecule has 1 atom stereocenters. The van der Waals surface area contributed by atoms with Crippen LogP contribution >= 0.6 is 0 Å². The molecule has 0 aliphatic carbocycles. The summed E-state index contributed by atoms with van der Waals surface area (Å²) in [5, 5.41) is 13.4. The van der Waals surface area contributed by atoms with Gasteiger partial charge in [0.2, 0.25) is 5.95 Å². The smallest absolute Gasteiger partial charge is 0.368 e. The molecule has 11 heteroatoms. The number of hydrogen-bond donors (Lipinski definition) is 2. The average molecular weight is 528 g/mol. The molecule has 0 aliphatic rings. The fourth-order valence-electron chi connectivity index (χ4n) is 4.39. The standard InChI is InChI=1S/C28H20F3N7O/c1-16(36-25-19(12-32)14-35-27(33)37-25)23-11-17-6-5-9-22(18-10-20(15-34-13-18)28(29,30)31)24(17)26(39)38(23)21-7-3-2-4-8-21/h2-11,13-16H,1H3,(H3,33,35,36,37). The van der Waals surface area contributed by atoms with E-state index in [4.69, 9.17) is 5.73 Å². The van der Waals surface area contributed by atoms with E-state index in [9.17, 15) is 23.2 Å². The Balaban J connectivity index is 1.74. The Kier molecular flexibility index (Phi) is 6.45. The maximum atomic E-state index is 14.2. The van der Waals surface area contributed by atoms with Crippen molar-refractivity contribution in [3.05, 3.63) is 106 Å². The topological polar surface area (TPSA) is 123 Å². The van der Waals surface area contributed by atoms with Crippen molar-refractivity contribution in [2.45, 2.75) is 19.1 Å². The zero-order chi connectivity index (χ0) is 27.7.